The van der Waals surface area contributed by atoms with E-state index in [9.17, 15) is 22.0 Å². The fourth-order valence-corrected chi connectivity index (χ4v) is 4.91. The number of alkyl halides is 1. The average molecular weight is 434 g/mol. The van der Waals surface area contributed by atoms with Gasteiger partial charge in [-0.3, -0.25) is 9.00 Å². The highest BCUT2D eigenvalue weighted by molar-refractivity contribution is 9.09. The lowest BCUT2D eigenvalue weighted by molar-refractivity contribution is 0.102. The average Bonchev–Trinajstić information content (AvgIpc) is 2.86. The summed E-state index contributed by atoms with van der Waals surface area (Å²) in [7, 11) is -2.41. The van der Waals surface area contributed by atoms with Crippen molar-refractivity contribution in [3.8, 4) is 0 Å². The number of rotatable bonds is 10. The molecule has 0 aromatic carbocycles. The summed E-state index contributed by atoms with van der Waals surface area (Å²) in [5.74, 6) is -0.460. The van der Waals surface area contributed by atoms with Gasteiger partial charge in [-0.1, -0.05) is 15.9 Å². The summed E-state index contributed by atoms with van der Waals surface area (Å²) in [5.41, 5.74) is -0.0610. The Morgan fingerprint density at radius 3 is 2.77 bits per heavy atom. The van der Waals surface area contributed by atoms with Crippen molar-refractivity contribution in [2.24, 2.45) is 0 Å². The molecule has 0 amide bonds. The largest absolute Gasteiger partial charge is 0.755 e. The molecule has 1 aromatic heterocycles. The van der Waals surface area contributed by atoms with Crippen molar-refractivity contribution in [1.82, 2.24) is 4.72 Å². The van der Waals surface area contributed by atoms with Gasteiger partial charge in [-0.25, -0.2) is 13.1 Å². The van der Waals surface area contributed by atoms with E-state index in [1.165, 1.54) is 13.2 Å². The lowest BCUT2D eigenvalue weighted by atomic mass is 10.2. The van der Waals surface area contributed by atoms with Gasteiger partial charge in [-0.2, -0.15) is 0 Å². The molecule has 1 atom stereocenters. The van der Waals surface area contributed by atoms with E-state index < -0.39 is 27.1 Å². The first-order valence-electron chi connectivity index (χ1n) is 5.89. The summed E-state index contributed by atoms with van der Waals surface area (Å²) in [4.78, 5) is 11.8. The molecule has 126 valence electrons. The van der Waals surface area contributed by atoms with Crippen LogP contribution in [0.2, 0.25) is 0 Å². The Balaban J connectivity index is 3.06. The maximum atomic E-state index is 12.2. The smallest absolute Gasteiger partial charge is 0.250 e. The van der Waals surface area contributed by atoms with Crippen molar-refractivity contribution in [2.45, 2.75) is 10.6 Å². The molecular weight excluding hydrogens is 420 g/mol. The summed E-state index contributed by atoms with van der Waals surface area (Å²) >= 11 is 1.04. The molecule has 0 radical (unpaired) electrons. The van der Waals surface area contributed by atoms with Crippen LogP contribution >= 0.6 is 27.3 Å². The molecule has 22 heavy (non-hydrogen) atoms. The van der Waals surface area contributed by atoms with Crippen LogP contribution in [0.1, 0.15) is 16.8 Å². The van der Waals surface area contributed by atoms with Gasteiger partial charge in [0, 0.05) is 31.5 Å². The molecule has 0 aliphatic carbocycles. The fraction of sp³-hybridized carbons (Fsp3) is 0.500. The van der Waals surface area contributed by atoms with E-state index in [-0.39, 0.29) is 26.6 Å². The number of hydrogen-bond donors (Lipinski definition) is 2. The number of carbonyl (C=O) groups excluding carboxylic acids is 1. The lowest BCUT2D eigenvalue weighted by Gasteiger charge is -2.06. The molecule has 12 heteroatoms. The van der Waals surface area contributed by atoms with Crippen molar-refractivity contribution in [2.75, 3.05) is 30.3 Å². The number of anilines is 1. The minimum atomic E-state index is -3.91. The molecule has 0 bridgehead atoms. The quantitative estimate of drug-likeness (QED) is 0.244. The highest BCUT2D eigenvalue weighted by Gasteiger charge is 2.25. The Hall–Kier alpha value is -0.370. The fourth-order valence-electron chi connectivity index (χ4n) is 1.46. The summed E-state index contributed by atoms with van der Waals surface area (Å²) in [6.45, 7) is 0.536. The predicted octanol–water partition coefficient (Wildman–Crippen LogP) is 0.847. The van der Waals surface area contributed by atoms with Crippen LogP contribution in [0.25, 0.3) is 0 Å². The number of methoxy groups -OCH3 is 1. The number of sulfonamides is 1. The van der Waals surface area contributed by atoms with Crippen molar-refractivity contribution < 1.29 is 26.7 Å². The second-order valence-electron chi connectivity index (χ2n) is 3.95. The molecule has 0 aliphatic heterocycles. The first-order valence-corrected chi connectivity index (χ1v) is 10.4. The molecule has 0 saturated heterocycles. The van der Waals surface area contributed by atoms with Crippen LogP contribution in [-0.4, -0.2) is 48.6 Å². The SMILES string of the molecule is COCCCNS(=O)(=O)c1sc(NS(=O)[O-])cc1C(=O)CBr. The van der Waals surface area contributed by atoms with Crippen molar-refractivity contribution in [3.05, 3.63) is 11.6 Å². The summed E-state index contributed by atoms with van der Waals surface area (Å²) in [5, 5.41) is -0.0227. The summed E-state index contributed by atoms with van der Waals surface area (Å²) < 4.78 is 54.8. The Morgan fingerprint density at radius 2 is 2.23 bits per heavy atom. The zero-order chi connectivity index (χ0) is 16.8. The third-order valence-corrected chi connectivity index (χ3v) is 6.44. The van der Waals surface area contributed by atoms with Crippen molar-refractivity contribution in [3.63, 3.8) is 0 Å². The summed E-state index contributed by atoms with van der Waals surface area (Å²) in [6, 6.07) is 1.20. The van der Waals surface area contributed by atoms with Crippen LogP contribution in [0, 0.1) is 0 Å². The van der Waals surface area contributed by atoms with E-state index in [0.717, 1.165) is 0 Å². The Morgan fingerprint density at radius 1 is 1.55 bits per heavy atom. The number of halogens is 1. The van der Waals surface area contributed by atoms with Gasteiger partial charge in [0.05, 0.1) is 10.9 Å². The molecule has 2 N–H and O–H groups in total. The number of thiophene rings is 1. The second-order valence-corrected chi connectivity index (χ2v) is 8.20. The number of Topliss-reactive ketones (excluding diaryl/α,β-unsaturated/α-hetero) is 1. The first kappa shape index (κ1) is 19.7. The molecule has 1 rings (SSSR count). The molecule has 1 aromatic rings. The highest BCUT2D eigenvalue weighted by Crippen LogP contribution is 2.32. The molecule has 1 heterocycles. The summed E-state index contributed by atoms with van der Waals surface area (Å²) in [6.07, 6.45) is 0.471. The van der Waals surface area contributed by atoms with Gasteiger partial charge >= 0.3 is 0 Å². The highest BCUT2D eigenvalue weighted by atomic mass is 79.9. The van der Waals surface area contributed by atoms with Crippen LogP contribution in [0.4, 0.5) is 5.00 Å². The zero-order valence-corrected chi connectivity index (χ0v) is 15.5. The third kappa shape index (κ3) is 5.68. The third-order valence-electron chi connectivity index (χ3n) is 2.37. The molecule has 8 nitrogen and oxygen atoms in total. The van der Waals surface area contributed by atoms with Crippen molar-refractivity contribution in [1.29, 1.82) is 0 Å². The minimum Gasteiger partial charge on any atom is -0.755 e. The van der Waals surface area contributed by atoms with Gasteiger partial charge in [0.25, 0.3) is 10.0 Å². The molecule has 0 spiro atoms. The van der Waals surface area contributed by atoms with Crippen LogP contribution in [0.5, 0.6) is 0 Å². The van der Waals surface area contributed by atoms with E-state index in [1.807, 2.05) is 4.72 Å². The van der Waals surface area contributed by atoms with E-state index in [2.05, 4.69) is 20.7 Å². The molecule has 0 saturated carbocycles. The van der Waals surface area contributed by atoms with E-state index >= 15 is 0 Å². The van der Waals surface area contributed by atoms with Crippen LogP contribution < -0.4 is 9.44 Å². The number of ketones is 1. The number of hydrogen-bond acceptors (Lipinski definition) is 7. The van der Waals surface area contributed by atoms with Crippen LogP contribution in [0.3, 0.4) is 0 Å². The molecular formula is C10H14BrN2O6S3-. The zero-order valence-electron chi connectivity index (χ0n) is 11.5. The number of carbonyl (C=O) groups is 1. The first-order chi connectivity index (χ1) is 10.3. The standard InChI is InChI=1S/C10H15BrN2O6S3/c1-19-4-2-3-12-22(17,18)10-7(8(14)6-11)5-9(20-10)13-21(15)16/h5,12-13H,2-4,6H2,1H3,(H,15,16)/p-1. The number of ether oxygens (including phenoxy) is 1. The van der Waals surface area contributed by atoms with Gasteiger partial charge in [0.2, 0.25) is 0 Å². The second kappa shape index (κ2) is 9.05. The maximum Gasteiger partial charge on any atom is 0.250 e. The monoisotopic (exact) mass is 433 g/mol. The predicted molar refractivity (Wildman–Crippen MR) is 86.7 cm³/mol. The molecule has 1 unspecified atom stereocenters. The Kier molecular flexibility index (Phi) is 8.10. The number of nitrogens with one attached hydrogen (secondary N) is 2. The lowest BCUT2D eigenvalue weighted by Crippen LogP contribution is -2.26. The van der Waals surface area contributed by atoms with Gasteiger partial charge in [-0.15, -0.1) is 11.3 Å². The van der Waals surface area contributed by atoms with Crippen molar-refractivity contribution >= 4 is 59.3 Å². The topological polar surface area (TPSA) is 125 Å². The van der Waals surface area contributed by atoms with Crippen LogP contribution in [0.15, 0.2) is 10.3 Å². The van der Waals surface area contributed by atoms with Gasteiger partial charge in [0.1, 0.15) is 9.21 Å². The normalized spacial score (nSPS) is 13.0. The maximum absolute atomic E-state index is 12.2. The Labute approximate surface area is 143 Å². The minimum absolute atomic E-state index is 0.0508. The van der Waals surface area contributed by atoms with Gasteiger partial charge in [0.15, 0.2) is 5.78 Å². The van der Waals surface area contributed by atoms with E-state index in [0.29, 0.717) is 24.4 Å². The van der Waals surface area contributed by atoms with Gasteiger partial charge < -0.3 is 14.0 Å². The van der Waals surface area contributed by atoms with Crippen LogP contribution in [-0.2, 0) is 26.0 Å². The van der Waals surface area contributed by atoms with E-state index in [4.69, 9.17) is 4.74 Å². The molecule has 0 aliphatic rings. The molecule has 0 fully saturated rings. The Bertz CT molecular complexity index is 645. The van der Waals surface area contributed by atoms with Gasteiger partial charge in [-0.05, 0) is 12.5 Å². The van der Waals surface area contributed by atoms with E-state index in [1.54, 1.807) is 0 Å².